The van der Waals surface area contributed by atoms with Gasteiger partial charge in [0.1, 0.15) is 0 Å². The predicted molar refractivity (Wildman–Crippen MR) is 47.2 cm³/mol. The summed E-state index contributed by atoms with van der Waals surface area (Å²) in [6.45, 7) is 5.37. The summed E-state index contributed by atoms with van der Waals surface area (Å²) in [6, 6.07) is 0. The number of halogens is 2. The van der Waals surface area contributed by atoms with Crippen LogP contribution < -0.4 is 0 Å². The molecule has 2 atom stereocenters. The molecule has 0 aromatic carbocycles. The van der Waals surface area contributed by atoms with Crippen LogP contribution in [0.4, 0.5) is 0 Å². The van der Waals surface area contributed by atoms with Crippen molar-refractivity contribution in [1.82, 2.24) is 0 Å². The minimum absolute atomic E-state index is 0.406. The molecule has 2 unspecified atom stereocenters. The summed E-state index contributed by atoms with van der Waals surface area (Å²) in [5.74, 6) is -0.625. The molecule has 0 rings (SSSR count). The van der Waals surface area contributed by atoms with Crippen LogP contribution in [0.3, 0.4) is 0 Å². The van der Waals surface area contributed by atoms with Gasteiger partial charge in [0.25, 0.3) is 0 Å². The van der Waals surface area contributed by atoms with Gasteiger partial charge in [-0.2, -0.15) is 0 Å². The first-order valence-corrected chi connectivity index (χ1v) is 4.21. The van der Waals surface area contributed by atoms with E-state index >= 15 is 0 Å². The molecule has 0 saturated heterocycles. The first-order chi connectivity index (χ1) is 5.61. The van der Waals surface area contributed by atoms with Crippen molar-refractivity contribution in [2.75, 3.05) is 6.61 Å². The summed E-state index contributed by atoms with van der Waals surface area (Å²) < 4.78 is 9.44. The van der Waals surface area contributed by atoms with Crippen molar-refractivity contribution < 1.29 is 14.3 Å². The molecule has 0 aliphatic carbocycles. The van der Waals surface area contributed by atoms with E-state index in [0.717, 1.165) is 6.08 Å². The fourth-order valence-electron chi connectivity index (χ4n) is 0.447. The van der Waals surface area contributed by atoms with E-state index < -0.39 is 17.1 Å². The quantitative estimate of drug-likeness (QED) is 0.397. The molecule has 0 saturated carbocycles. The first kappa shape index (κ1) is 11.8. The van der Waals surface area contributed by atoms with Gasteiger partial charge in [-0.3, -0.25) is 0 Å². The molecule has 0 aliphatic rings. The van der Waals surface area contributed by atoms with Crippen molar-refractivity contribution in [1.29, 1.82) is 0 Å². The number of hydrogen-bond acceptors (Lipinski definition) is 3. The molecular weight excluding hydrogens is 203 g/mol. The maximum Gasteiger partial charge on any atom is 0.331 e. The SMILES string of the molecule is C=CC(=O)OC(Cl)C(Cl)OCC. The third kappa shape index (κ3) is 4.59. The smallest absolute Gasteiger partial charge is 0.331 e. The van der Waals surface area contributed by atoms with Gasteiger partial charge in [-0.05, 0) is 6.92 Å². The van der Waals surface area contributed by atoms with Crippen LogP contribution >= 0.6 is 23.2 Å². The van der Waals surface area contributed by atoms with Crippen molar-refractivity contribution in [2.45, 2.75) is 18.1 Å². The minimum atomic E-state index is -0.989. The highest BCUT2D eigenvalue weighted by molar-refractivity contribution is 6.29. The van der Waals surface area contributed by atoms with Crippen molar-refractivity contribution in [3.8, 4) is 0 Å². The summed E-state index contributed by atoms with van der Waals surface area (Å²) in [6.07, 6.45) is 1.00. The highest BCUT2D eigenvalue weighted by Crippen LogP contribution is 2.13. The summed E-state index contributed by atoms with van der Waals surface area (Å²) in [7, 11) is 0. The fraction of sp³-hybridized carbons (Fsp3) is 0.571. The van der Waals surface area contributed by atoms with Gasteiger partial charge in [0.2, 0.25) is 5.56 Å². The molecule has 0 aliphatic heterocycles. The van der Waals surface area contributed by atoms with Gasteiger partial charge in [-0.1, -0.05) is 29.8 Å². The van der Waals surface area contributed by atoms with Gasteiger partial charge in [0.05, 0.1) is 0 Å². The van der Waals surface area contributed by atoms with E-state index in [4.69, 9.17) is 27.9 Å². The molecule has 70 valence electrons. The average Bonchev–Trinajstić information content (AvgIpc) is 2.04. The maximum absolute atomic E-state index is 10.6. The summed E-state index contributed by atoms with van der Waals surface area (Å²) in [5, 5.41) is 0. The molecule has 0 heterocycles. The average molecular weight is 213 g/mol. The summed E-state index contributed by atoms with van der Waals surface area (Å²) in [4.78, 5) is 10.6. The second-order valence-corrected chi connectivity index (χ2v) is 2.66. The van der Waals surface area contributed by atoms with Crippen molar-refractivity contribution in [3.63, 3.8) is 0 Å². The monoisotopic (exact) mass is 212 g/mol. The molecule has 0 N–H and O–H groups in total. The number of ether oxygens (including phenoxy) is 2. The van der Waals surface area contributed by atoms with Crippen LogP contribution in [0.1, 0.15) is 6.92 Å². The number of rotatable bonds is 5. The van der Waals surface area contributed by atoms with E-state index in [1.165, 1.54) is 0 Å². The van der Waals surface area contributed by atoms with Gasteiger partial charge >= 0.3 is 5.97 Å². The number of esters is 1. The number of hydrogen-bond donors (Lipinski definition) is 0. The third-order valence-electron chi connectivity index (χ3n) is 0.927. The Kier molecular flexibility index (Phi) is 6.16. The van der Waals surface area contributed by atoms with Crippen LogP contribution in [0.25, 0.3) is 0 Å². The van der Waals surface area contributed by atoms with Crippen molar-refractivity contribution in [2.24, 2.45) is 0 Å². The summed E-state index contributed by atoms with van der Waals surface area (Å²) in [5.41, 5.74) is -1.82. The lowest BCUT2D eigenvalue weighted by atomic mass is 10.6. The van der Waals surface area contributed by atoms with Gasteiger partial charge in [-0.15, -0.1) is 0 Å². The predicted octanol–water partition coefficient (Wildman–Crippen LogP) is 1.88. The Morgan fingerprint density at radius 3 is 2.58 bits per heavy atom. The zero-order valence-corrected chi connectivity index (χ0v) is 8.14. The van der Waals surface area contributed by atoms with Gasteiger partial charge < -0.3 is 9.47 Å². The van der Waals surface area contributed by atoms with Crippen LogP contribution in [-0.2, 0) is 14.3 Å². The lowest BCUT2D eigenvalue weighted by Crippen LogP contribution is -2.23. The number of carbonyl (C=O) groups excluding carboxylic acids is 1. The Morgan fingerprint density at radius 1 is 1.58 bits per heavy atom. The molecule has 0 spiro atoms. The maximum atomic E-state index is 10.6. The fourth-order valence-corrected chi connectivity index (χ4v) is 0.785. The normalized spacial score (nSPS) is 14.9. The Morgan fingerprint density at radius 2 is 2.17 bits per heavy atom. The van der Waals surface area contributed by atoms with E-state index in [9.17, 15) is 4.79 Å². The zero-order chi connectivity index (χ0) is 9.56. The van der Waals surface area contributed by atoms with Gasteiger partial charge in [-0.25, -0.2) is 4.79 Å². The first-order valence-electron chi connectivity index (χ1n) is 3.34. The van der Waals surface area contributed by atoms with Crippen LogP contribution in [-0.4, -0.2) is 23.7 Å². The topological polar surface area (TPSA) is 35.5 Å². The molecule has 0 radical (unpaired) electrons. The van der Waals surface area contributed by atoms with E-state index in [0.29, 0.717) is 6.61 Å². The van der Waals surface area contributed by atoms with E-state index in [1.54, 1.807) is 6.92 Å². The van der Waals surface area contributed by atoms with Crippen LogP contribution in [0.15, 0.2) is 12.7 Å². The number of alkyl halides is 2. The Labute approximate surface area is 81.2 Å². The minimum Gasteiger partial charge on any atom is -0.439 e. The van der Waals surface area contributed by atoms with Gasteiger partial charge in [0, 0.05) is 12.7 Å². The number of carbonyl (C=O) groups is 1. The summed E-state index contributed by atoms with van der Waals surface area (Å²) >= 11 is 11.1. The molecule has 0 amide bonds. The molecule has 12 heavy (non-hydrogen) atoms. The largest absolute Gasteiger partial charge is 0.439 e. The molecule has 0 bridgehead atoms. The van der Waals surface area contributed by atoms with Crippen molar-refractivity contribution >= 4 is 29.2 Å². The molecule has 0 aromatic rings. The Hall–Kier alpha value is -0.250. The van der Waals surface area contributed by atoms with Crippen LogP contribution in [0.5, 0.6) is 0 Å². The van der Waals surface area contributed by atoms with Gasteiger partial charge in [0.15, 0.2) is 5.56 Å². The van der Waals surface area contributed by atoms with E-state index in [-0.39, 0.29) is 0 Å². The molecule has 3 nitrogen and oxygen atoms in total. The lowest BCUT2D eigenvalue weighted by Gasteiger charge is -2.15. The Balaban J connectivity index is 3.77. The molecule has 0 aromatic heterocycles. The molecule has 0 fully saturated rings. The second-order valence-electron chi connectivity index (χ2n) is 1.80. The van der Waals surface area contributed by atoms with Crippen LogP contribution in [0, 0.1) is 0 Å². The molecular formula is C7H10Cl2O3. The standard InChI is InChI=1S/C7H10Cl2O3/c1-3-5(10)12-7(9)6(8)11-4-2/h3,6-7H,1,4H2,2H3. The second kappa shape index (κ2) is 6.29. The highest BCUT2D eigenvalue weighted by Gasteiger charge is 2.19. The highest BCUT2D eigenvalue weighted by atomic mass is 35.5. The zero-order valence-electron chi connectivity index (χ0n) is 6.63. The lowest BCUT2D eigenvalue weighted by molar-refractivity contribution is -0.142. The molecule has 5 heteroatoms. The van der Waals surface area contributed by atoms with E-state index in [1.807, 2.05) is 0 Å². The third-order valence-corrected chi connectivity index (χ3v) is 1.73. The van der Waals surface area contributed by atoms with E-state index in [2.05, 4.69) is 11.3 Å². The van der Waals surface area contributed by atoms with Crippen LogP contribution in [0.2, 0.25) is 0 Å². The Bertz CT molecular complexity index is 161. The van der Waals surface area contributed by atoms with Crippen molar-refractivity contribution in [3.05, 3.63) is 12.7 Å².